The average molecular weight is 232 g/mol. The van der Waals surface area contributed by atoms with Gasteiger partial charge in [-0.05, 0) is 23.7 Å². The first kappa shape index (κ1) is 11.6. The number of furan rings is 1. The van der Waals surface area contributed by atoms with Gasteiger partial charge in [-0.1, -0.05) is 0 Å². The van der Waals surface area contributed by atoms with Crippen molar-refractivity contribution in [1.29, 1.82) is 0 Å². The zero-order valence-corrected chi connectivity index (χ0v) is 9.08. The molecule has 1 heterocycles. The van der Waals surface area contributed by atoms with Gasteiger partial charge in [0.1, 0.15) is 6.54 Å². The van der Waals surface area contributed by atoms with Crippen LogP contribution in [0.5, 0.6) is 0 Å². The Morgan fingerprint density at radius 3 is 2.67 bits per heavy atom. The van der Waals surface area contributed by atoms with Crippen molar-refractivity contribution in [3.8, 4) is 0 Å². The Morgan fingerprint density at radius 1 is 1.53 bits per heavy atom. The van der Waals surface area contributed by atoms with Gasteiger partial charge in [-0.3, -0.25) is 9.59 Å². The standard InChI is InChI=1S/C9H10ClNO4/c1-11(5-8(12)14-2)9(13)6-3-4-7(10)15-6/h3-4H,5H2,1-2H3. The normalized spacial score (nSPS) is 9.80. The van der Waals surface area contributed by atoms with E-state index in [4.69, 9.17) is 16.0 Å². The highest BCUT2D eigenvalue weighted by molar-refractivity contribution is 6.29. The molecule has 0 fully saturated rings. The lowest BCUT2D eigenvalue weighted by Crippen LogP contribution is -2.32. The smallest absolute Gasteiger partial charge is 0.325 e. The summed E-state index contributed by atoms with van der Waals surface area (Å²) in [6.07, 6.45) is 0. The molecule has 0 aliphatic carbocycles. The highest BCUT2D eigenvalue weighted by Gasteiger charge is 2.18. The molecule has 82 valence electrons. The van der Waals surface area contributed by atoms with E-state index in [1.54, 1.807) is 0 Å². The minimum Gasteiger partial charge on any atom is -0.468 e. The van der Waals surface area contributed by atoms with Gasteiger partial charge in [-0.2, -0.15) is 0 Å². The fourth-order valence-electron chi connectivity index (χ4n) is 0.947. The molecular formula is C9H10ClNO4. The summed E-state index contributed by atoms with van der Waals surface area (Å²) in [5.74, 6) is -0.831. The Bertz CT molecular complexity index is 374. The molecule has 1 aromatic heterocycles. The van der Waals surface area contributed by atoms with Crippen LogP contribution in [-0.4, -0.2) is 37.5 Å². The van der Waals surface area contributed by atoms with Crippen LogP contribution in [0.4, 0.5) is 0 Å². The second kappa shape index (κ2) is 4.84. The summed E-state index contributed by atoms with van der Waals surface area (Å²) in [5, 5.41) is 0.129. The van der Waals surface area contributed by atoms with E-state index < -0.39 is 11.9 Å². The molecule has 1 amide bonds. The molecule has 0 aromatic carbocycles. The van der Waals surface area contributed by atoms with Crippen molar-refractivity contribution in [2.75, 3.05) is 20.7 Å². The minimum atomic E-state index is -0.497. The molecule has 5 nitrogen and oxygen atoms in total. The second-order valence-corrected chi connectivity index (χ2v) is 3.21. The summed E-state index contributed by atoms with van der Waals surface area (Å²) < 4.78 is 9.33. The van der Waals surface area contributed by atoms with E-state index in [1.165, 1.54) is 31.2 Å². The van der Waals surface area contributed by atoms with E-state index in [0.29, 0.717) is 0 Å². The van der Waals surface area contributed by atoms with Crippen molar-refractivity contribution in [3.05, 3.63) is 23.1 Å². The molecule has 0 aliphatic heterocycles. The number of carbonyl (C=O) groups is 2. The van der Waals surface area contributed by atoms with Crippen molar-refractivity contribution < 1.29 is 18.7 Å². The highest BCUT2D eigenvalue weighted by Crippen LogP contribution is 2.14. The Balaban J connectivity index is 2.64. The summed E-state index contributed by atoms with van der Waals surface area (Å²) in [6, 6.07) is 2.90. The third kappa shape index (κ3) is 2.99. The maximum Gasteiger partial charge on any atom is 0.325 e. The lowest BCUT2D eigenvalue weighted by atomic mass is 10.4. The molecule has 0 aliphatic rings. The zero-order chi connectivity index (χ0) is 11.4. The zero-order valence-electron chi connectivity index (χ0n) is 8.32. The first-order valence-corrected chi connectivity index (χ1v) is 4.50. The molecule has 0 saturated carbocycles. The van der Waals surface area contributed by atoms with Gasteiger partial charge < -0.3 is 14.1 Å². The SMILES string of the molecule is COC(=O)CN(C)C(=O)c1ccc(Cl)o1. The quantitative estimate of drug-likeness (QED) is 0.733. The van der Waals surface area contributed by atoms with Crippen molar-refractivity contribution >= 4 is 23.5 Å². The van der Waals surface area contributed by atoms with Gasteiger partial charge in [0, 0.05) is 7.05 Å². The van der Waals surface area contributed by atoms with Gasteiger partial charge in [-0.15, -0.1) is 0 Å². The molecule has 1 aromatic rings. The number of methoxy groups -OCH3 is 1. The Morgan fingerprint density at radius 2 is 2.20 bits per heavy atom. The summed E-state index contributed by atoms with van der Waals surface area (Å²) in [5.41, 5.74) is 0. The Hall–Kier alpha value is -1.49. The third-order valence-electron chi connectivity index (χ3n) is 1.72. The largest absolute Gasteiger partial charge is 0.468 e. The fourth-order valence-corrected chi connectivity index (χ4v) is 1.09. The molecule has 0 atom stereocenters. The molecule has 0 bridgehead atoms. The average Bonchev–Trinajstić information content (AvgIpc) is 2.63. The first-order valence-electron chi connectivity index (χ1n) is 4.12. The topological polar surface area (TPSA) is 59.8 Å². The van der Waals surface area contributed by atoms with E-state index in [2.05, 4.69) is 4.74 Å². The number of halogens is 1. The summed E-state index contributed by atoms with van der Waals surface area (Å²) in [6.45, 7) is -0.131. The van der Waals surface area contributed by atoms with Gasteiger partial charge in [0.25, 0.3) is 5.91 Å². The molecule has 0 unspecified atom stereocenters. The van der Waals surface area contributed by atoms with Crippen molar-refractivity contribution in [2.24, 2.45) is 0 Å². The Kier molecular flexibility index (Phi) is 3.74. The lowest BCUT2D eigenvalue weighted by molar-refractivity contribution is -0.141. The van der Waals surface area contributed by atoms with Gasteiger partial charge in [0.15, 0.2) is 11.0 Å². The van der Waals surface area contributed by atoms with Crippen LogP contribution in [-0.2, 0) is 9.53 Å². The maximum absolute atomic E-state index is 11.6. The molecule has 15 heavy (non-hydrogen) atoms. The second-order valence-electron chi connectivity index (χ2n) is 2.84. The lowest BCUT2D eigenvalue weighted by Gasteiger charge is -2.13. The number of hydrogen-bond acceptors (Lipinski definition) is 4. The van der Waals surface area contributed by atoms with Crippen LogP contribution in [0.2, 0.25) is 5.22 Å². The van der Waals surface area contributed by atoms with Gasteiger partial charge in [-0.25, -0.2) is 0 Å². The summed E-state index contributed by atoms with van der Waals surface area (Å²) >= 11 is 5.51. The molecule has 0 spiro atoms. The maximum atomic E-state index is 11.6. The van der Waals surface area contributed by atoms with Crippen LogP contribution in [0.25, 0.3) is 0 Å². The van der Waals surface area contributed by atoms with Crippen molar-refractivity contribution in [2.45, 2.75) is 0 Å². The van der Waals surface area contributed by atoms with Gasteiger partial charge in [0.2, 0.25) is 0 Å². The van der Waals surface area contributed by atoms with Crippen LogP contribution in [0.15, 0.2) is 16.5 Å². The van der Waals surface area contributed by atoms with E-state index in [1.807, 2.05) is 0 Å². The number of amides is 1. The van der Waals surface area contributed by atoms with Crippen LogP contribution in [0.1, 0.15) is 10.6 Å². The van der Waals surface area contributed by atoms with Gasteiger partial charge >= 0.3 is 5.97 Å². The molecule has 1 rings (SSSR count). The number of ether oxygens (including phenoxy) is 1. The minimum absolute atomic E-state index is 0.0893. The van der Waals surface area contributed by atoms with Crippen molar-refractivity contribution in [1.82, 2.24) is 4.90 Å². The first-order chi connectivity index (χ1) is 7.04. The number of hydrogen-bond donors (Lipinski definition) is 0. The Labute approximate surface area is 91.6 Å². The number of esters is 1. The van der Waals surface area contributed by atoms with Crippen LogP contribution < -0.4 is 0 Å². The summed E-state index contributed by atoms with van der Waals surface area (Å²) in [4.78, 5) is 23.6. The molecule has 0 radical (unpaired) electrons. The van der Waals surface area contributed by atoms with Crippen LogP contribution >= 0.6 is 11.6 Å². The summed E-state index contributed by atoms with van der Waals surface area (Å²) in [7, 11) is 2.72. The number of carbonyl (C=O) groups excluding carboxylic acids is 2. The number of rotatable bonds is 3. The fraction of sp³-hybridized carbons (Fsp3) is 0.333. The van der Waals surface area contributed by atoms with Crippen LogP contribution in [0.3, 0.4) is 0 Å². The predicted octanol–water partition coefficient (Wildman–Crippen LogP) is 1.18. The van der Waals surface area contributed by atoms with E-state index in [0.717, 1.165) is 0 Å². The monoisotopic (exact) mass is 231 g/mol. The van der Waals surface area contributed by atoms with Gasteiger partial charge in [0.05, 0.1) is 7.11 Å². The van der Waals surface area contributed by atoms with E-state index in [-0.39, 0.29) is 17.5 Å². The molecule has 0 saturated heterocycles. The predicted molar refractivity (Wildman–Crippen MR) is 52.7 cm³/mol. The molecule has 0 N–H and O–H groups in total. The molecule has 6 heteroatoms. The molecular weight excluding hydrogens is 222 g/mol. The third-order valence-corrected chi connectivity index (χ3v) is 1.93. The number of likely N-dealkylation sites (N-methyl/N-ethyl adjacent to an activating group) is 1. The number of nitrogens with zero attached hydrogens (tertiary/aromatic N) is 1. The van der Waals surface area contributed by atoms with Crippen LogP contribution in [0, 0.1) is 0 Å². The van der Waals surface area contributed by atoms with E-state index in [9.17, 15) is 9.59 Å². The van der Waals surface area contributed by atoms with Crippen molar-refractivity contribution in [3.63, 3.8) is 0 Å². The highest BCUT2D eigenvalue weighted by atomic mass is 35.5. The van der Waals surface area contributed by atoms with E-state index >= 15 is 0 Å².